The van der Waals surface area contributed by atoms with E-state index in [1.54, 1.807) is 0 Å². The number of H-pyrrole nitrogens is 1. The zero-order chi connectivity index (χ0) is 20.6. The third-order valence-electron chi connectivity index (χ3n) is 6.61. The number of nitrogens with zero attached hydrogens (tertiary/aromatic N) is 3. The number of carbonyl (C=O) groups is 1. The second kappa shape index (κ2) is 7.85. The Morgan fingerprint density at radius 2 is 1.83 bits per heavy atom. The molecule has 3 heterocycles. The van der Waals surface area contributed by atoms with E-state index in [1.807, 2.05) is 29.2 Å². The minimum absolute atomic E-state index is 0.0522. The Hall–Kier alpha value is -2.70. The van der Waals surface area contributed by atoms with E-state index in [0.717, 1.165) is 43.3 Å². The number of aromatic amines is 1. The largest absolute Gasteiger partial charge is 0.388 e. The fraction of sp³-hybridized carbons (Fsp3) is 0.417. The lowest BCUT2D eigenvalue weighted by Gasteiger charge is -2.36. The number of nitrogens with one attached hydrogen (secondary N) is 1. The summed E-state index contributed by atoms with van der Waals surface area (Å²) >= 11 is 0. The molecule has 1 fully saturated rings. The number of hydrogen-bond donors (Lipinski definition) is 2. The molecule has 30 heavy (non-hydrogen) atoms. The zero-order valence-corrected chi connectivity index (χ0v) is 17.2. The molecule has 0 bridgehead atoms. The minimum atomic E-state index is -0.755. The zero-order valence-electron chi connectivity index (χ0n) is 17.2. The number of fused-ring (bicyclic) bond motifs is 2. The molecule has 1 atom stereocenters. The normalized spacial score (nSPS) is 22.6. The number of likely N-dealkylation sites (tertiary alicyclic amines) is 1. The van der Waals surface area contributed by atoms with Gasteiger partial charge in [0.15, 0.2) is 5.69 Å². The first kappa shape index (κ1) is 19.3. The molecule has 2 aliphatic rings. The van der Waals surface area contributed by atoms with E-state index in [4.69, 9.17) is 0 Å². The molecule has 2 N–H and O–H groups in total. The van der Waals surface area contributed by atoms with Crippen molar-refractivity contribution in [3.05, 3.63) is 65.4 Å². The van der Waals surface area contributed by atoms with E-state index in [1.165, 1.54) is 11.1 Å². The van der Waals surface area contributed by atoms with Crippen molar-refractivity contribution >= 4 is 16.8 Å². The van der Waals surface area contributed by atoms with Crippen LogP contribution in [-0.2, 0) is 13.0 Å². The highest BCUT2D eigenvalue weighted by atomic mass is 16.3. The lowest BCUT2D eigenvalue weighted by Crippen LogP contribution is -2.45. The Balaban J connectivity index is 1.25. The number of amides is 1. The minimum Gasteiger partial charge on any atom is -0.388 e. The molecule has 2 aromatic carbocycles. The molecule has 5 rings (SSSR count). The van der Waals surface area contributed by atoms with Crippen LogP contribution >= 0.6 is 0 Å². The van der Waals surface area contributed by atoms with Crippen LogP contribution in [0.5, 0.6) is 0 Å². The van der Waals surface area contributed by atoms with Crippen molar-refractivity contribution < 1.29 is 9.90 Å². The van der Waals surface area contributed by atoms with Crippen LogP contribution < -0.4 is 0 Å². The summed E-state index contributed by atoms with van der Waals surface area (Å²) in [5.74, 6) is -0.0522. The first-order valence-electron chi connectivity index (χ1n) is 10.9. The number of rotatable bonds is 3. The smallest absolute Gasteiger partial charge is 0.274 e. The molecule has 6 nitrogen and oxygen atoms in total. The molecule has 156 valence electrons. The number of carbonyl (C=O) groups excluding carboxylic acids is 1. The molecule has 1 aromatic heterocycles. The standard InChI is InChI=1S/C24H28N4O2/c29-23(22-20-8-3-4-9-21(20)25-26-22)28-13-5-11-24(30,12-15-28)17-27-14-10-18-6-1-2-7-19(18)16-27/h1-4,6-9,30H,5,10-17H2,(H,25,26)/t24-/m1/s1. The van der Waals surface area contributed by atoms with Crippen molar-refractivity contribution in [2.24, 2.45) is 0 Å². The number of β-amino-alcohol motifs (C(OH)–C–C–N with tert-alkyl or cyclic N) is 1. The van der Waals surface area contributed by atoms with Gasteiger partial charge >= 0.3 is 0 Å². The van der Waals surface area contributed by atoms with Crippen LogP contribution in [-0.4, -0.2) is 62.8 Å². The van der Waals surface area contributed by atoms with E-state index < -0.39 is 5.60 Å². The van der Waals surface area contributed by atoms with Gasteiger partial charge in [0.2, 0.25) is 0 Å². The summed E-state index contributed by atoms with van der Waals surface area (Å²) in [4.78, 5) is 17.3. The molecule has 1 saturated heterocycles. The van der Waals surface area contributed by atoms with Crippen molar-refractivity contribution in [1.29, 1.82) is 0 Å². The molecular formula is C24H28N4O2. The quantitative estimate of drug-likeness (QED) is 0.704. The van der Waals surface area contributed by atoms with Gasteiger partial charge in [-0.1, -0.05) is 42.5 Å². The number of benzene rings is 2. The summed E-state index contributed by atoms with van der Waals surface area (Å²) in [6.07, 6.45) is 3.15. The van der Waals surface area contributed by atoms with Crippen LogP contribution in [0.2, 0.25) is 0 Å². The Kier molecular flexibility index (Phi) is 5.05. The number of aliphatic hydroxyl groups is 1. The fourth-order valence-electron chi connectivity index (χ4n) is 4.92. The average Bonchev–Trinajstić information content (AvgIpc) is 3.10. The third kappa shape index (κ3) is 3.73. The van der Waals surface area contributed by atoms with Gasteiger partial charge in [-0.15, -0.1) is 0 Å². The van der Waals surface area contributed by atoms with E-state index in [0.29, 0.717) is 31.7 Å². The monoisotopic (exact) mass is 404 g/mol. The first-order valence-corrected chi connectivity index (χ1v) is 10.9. The second-order valence-corrected chi connectivity index (χ2v) is 8.72. The van der Waals surface area contributed by atoms with Crippen LogP contribution in [0.4, 0.5) is 0 Å². The highest BCUT2D eigenvalue weighted by Gasteiger charge is 2.35. The Morgan fingerprint density at radius 1 is 1.03 bits per heavy atom. The third-order valence-corrected chi connectivity index (χ3v) is 6.61. The van der Waals surface area contributed by atoms with Gasteiger partial charge in [-0.05, 0) is 42.9 Å². The molecule has 0 unspecified atom stereocenters. The summed E-state index contributed by atoms with van der Waals surface area (Å²) in [6.45, 7) is 3.74. The first-order chi connectivity index (χ1) is 14.6. The molecular weight excluding hydrogens is 376 g/mol. The summed E-state index contributed by atoms with van der Waals surface area (Å²) < 4.78 is 0. The summed E-state index contributed by atoms with van der Waals surface area (Å²) in [7, 11) is 0. The van der Waals surface area contributed by atoms with E-state index >= 15 is 0 Å². The highest BCUT2D eigenvalue weighted by Crippen LogP contribution is 2.28. The number of hydrogen-bond acceptors (Lipinski definition) is 4. The SMILES string of the molecule is O=C(c1n[nH]c2ccccc12)N1CCC[C@](O)(CN2CCc3ccccc3C2)CC1. The fourth-order valence-corrected chi connectivity index (χ4v) is 4.92. The lowest BCUT2D eigenvalue weighted by molar-refractivity contribution is -0.0118. The molecule has 0 spiro atoms. The van der Waals surface area contributed by atoms with E-state index in [-0.39, 0.29) is 5.91 Å². The van der Waals surface area contributed by atoms with Crippen LogP contribution in [0, 0.1) is 0 Å². The van der Waals surface area contributed by atoms with Crippen LogP contribution in [0.1, 0.15) is 40.9 Å². The molecule has 3 aromatic rings. The van der Waals surface area contributed by atoms with Gasteiger partial charge in [0.1, 0.15) is 0 Å². The van der Waals surface area contributed by atoms with Gasteiger partial charge in [0.05, 0.1) is 11.1 Å². The van der Waals surface area contributed by atoms with Gasteiger partial charge in [-0.3, -0.25) is 14.8 Å². The molecule has 0 radical (unpaired) electrons. The molecule has 0 saturated carbocycles. The predicted molar refractivity (Wildman–Crippen MR) is 116 cm³/mol. The maximum Gasteiger partial charge on any atom is 0.274 e. The van der Waals surface area contributed by atoms with Crippen molar-refractivity contribution in [3.63, 3.8) is 0 Å². The van der Waals surface area contributed by atoms with Gasteiger partial charge in [-0.2, -0.15) is 5.10 Å². The molecule has 6 heteroatoms. The van der Waals surface area contributed by atoms with Crippen LogP contribution in [0.3, 0.4) is 0 Å². The molecule has 1 amide bonds. The van der Waals surface area contributed by atoms with Crippen molar-refractivity contribution in [1.82, 2.24) is 20.0 Å². The average molecular weight is 405 g/mol. The van der Waals surface area contributed by atoms with Crippen LogP contribution in [0.15, 0.2) is 48.5 Å². The predicted octanol–water partition coefficient (Wildman–Crippen LogP) is 2.98. The van der Waals surface area contributed by atoms with Gasteiger partial charge < -0.3 is 10.0 Å². The maximum atomic E-state index is 13.1. The summed E-state index contributed by atoms with van der Waals surface area (Å²) in [6, 6.07) is 16.3. The van der Waals surface area contributed by atoms with Crippen molar-refractivity contribution in [3.8, 4) is 0 Å². The maximum absolute atomic E-state index is 13.1. The van der Waals surface area contributed by atoms with Crippen molar-refractivity contribution in [2.75, 3.05) is 26.2 Å². The Bertz CT molecular complexity index is 1060. The van der Waals surface area contributed by atoms with Gasteiger partial charge in [0.25, 0.3) is 5.91 Å². The van der Waals surface area contributed by atoms with Gasteiger partial charge in [-0.25, -0.2) is 0 Å². The molecule has 0 aliphatic carbocycles. The second-order valence-electron chi connectivity index (χ2n) is 8.72. The number of para-hydroxylation sites is 1. The number of aromatic nitrogens is 2. The Labute approximate surface area is 176 Å². The van der Waals surface area contributed by atoms with Crippen molar-refractivity contribution in [2.45, 2.75) is 37.8 Å². The topological polar surface area (TPSA) is 72.5 Å². The molecule has 2 aliphatic heterocycles. The van der Waals surface area contributed by atoms with E-state index in [2.05, 4.69) is 39.4 Å². The highest BCUT2D eigenvalue weighted by molar-refractivity contribution is 6.04. The van der Waals surface area contributed by atoms with E-state index in [9.17, 15) is 9.90 Å². The lowest BCUT2D eigenvalue weighted by atomic mass is 9.92. The van der Waals surface area contributed by atoms with Gasteiger partial charge in [0, 0.05) is 38.1 Å². The van der Waals surface area contributed by atoms with Crippen LogP contribution in [0.25, 0.3) is 10.9 Å². The Morgan fingerprint density at radius 3 is 2.73 bits per heavy atom. The summed E-state index contributed by atoms with van der Waals surface area (Å²) in [5, 5.41) is 19.4. The summed E-state index contributed by atoms with van der Waals surface area (Å²) in [5.41, 5.74) is 3.38.